The number of amides is 1. The largest absolute Gasteiger partial charge is 0.481 e. The van der Waals surface area contributed by atoms with E-state index in [2.05, 4.69) is 10.6 Å². The Labute approximate surface area is 126 Å². The van der Waals surface area contributed by atoms with Gasteiger partial charge in [0.05, 0.1) is 12.0 Å². The molecule has 112 valence electrons. The van der Waals surface area contributed by atoms with Gasteiger partial charge in [-0.2, -0.15) is 0 Å². The first-order valence-corrected chi connectivity index (χ1v) is 6.39. The lowest BCUT2D eigenvalue weighted by molar-refractivity contribution is -0.137. The summed E-state index contributed by atoms with van der Waals surface area (Å²) in [5.74, 6) is -1.95. The van der Waals surface area contributed by atoms with Crippen LogP contribution in [0.3, 0.4) is 0 Å². The Balaban J connectivity index is 2.65. The summed E-state index contributed by atoms with van der Waals surface area (Å²) in [6, 6.07) is 6.20. The molecule has 7 nitrogen and oxygen atoms in total. The summed E-state index contributed by atoms with van der Waals surface area (Å²) in [5.41, 5.74) is 0.148. The van der Waals surface area contributed by atoms with Crippen molar-refractivity contribution in [2.45, 2.75) is 13.3 Å². The van der Waals surface area contributed by atoms with Crippen molar-refractivity contribution >= 4 is 35.2 Å². The number of nitrogens with one attached hydrogen (secondary N) is 2. The third-order valence-corrected chi connectivity index (χ3v) is 2.48. The molecule has 0 aliphatic heterocycles. The molecule has 3 N–H and O–H groups in total. The number of carboxylic acid groups (broad SMARTS) is 1. The molecule has 1 aromatic carbocycles. The summed E-state index contributed by atoms with van der Waals surface area (Å²) in [6.45, 7) is 1.33. The van der Waals surface area contributed by atoms with Crippen LogP contribution in [0, 0.1) is 0 Å². The first-order chi connectivity index (χ1) is 9.90. The monoisotopic (exact) mass is 310 g/mol. The van der Waals surface area contributed by atoms with E-state index in [1.807, 2.05) is 0 Å². The standard InChI is InChI=1S/C13H14N2O5S/c1-8(16)20-10-5-3-2-4-9(10)12(19)15-13(21)14-7-6-11(17)18/h2-5H,6-7H2,1H3,(H,17,18)(H2,14,15,19,21). The number of ether oxygens (including phenoxy) is 1. The molecule has 0 aromatic heterocycles. The molecule has 0 radical (unpaired) electrons. The van der Waals surface area contributed by atoms with Gasteiger partial charge in [0.1, 0.15) is 5.75 Å². The van der Waals surface area contributed by atoms with Crippen molar-refractivity contribution in [2.24, 2.45) is 0 Å². The van der Waals surface area contributed by atoms with Crippen molar-refractivity contribution in [3.05, 3.63) is 29.8 Å². The fourth-order valence-corrected chi connectivity index (χ4v) is 1.59. The fraction of sp³-hybridized carbons (Fsp3) is 0.231. The highest BCUT2D eigenvalue weighted by atomic mass is 32.1. The molecule has 0 heterocycles. The molecule has 21 heavy (non-hydrogen) atoms. The minimum absolute atomic E-state index is 0.00104. The number of benzene rings is 1. The maximum absolute atomic E-state index is 12.0. The minimum Gasteiger partial charge on any atom is -0.481 e. The quantitative estimate of drug-likeness (QED) is 0.417. The molecule has 1 rings (SSSR count). The van der Waals surface area contributed by atoms with Gasteiger partial charge in [-0.3, -0.25) is 19.7 Å². The van der Waals surface area contributed by atoms with Crippen molar-refractivity contribution < 1.29 is 24.2 Å². The molecule has 0 aliphatic rings. The molecular weight excluding hydrogens is 296 g/mol. The third-order valence-electron chi connectivity index (χ3n) is 2.24. The van der Waals surface area contributed by atoms with E-state index in [1.54, 1.807) is 12.1 Å². The van der Waals surface area contributed by atoms with Crippen LogP contribution < -0.4 is 15.4 Å². The number of aliphatic carboxylic acids is 1. The van der Waals surface area contributed by atoms with E-state index in [4.69, 9.17) is 22.1 Å². The van der Waals surface area contributed by atoms with E-state index < -0.39 is 17.8 Å². The Morgan fingerprint density at radius 3 is 2.57 bits per heavy atom. The second kappa shape index (κ2) is 7.95. The van der Waals surface area contributed by atoms with E-state index in [-0.39, 0.29) is 29.4 Å². The number of carboxylic acids is 1. The Bertz CT molecular complexity index is 573. The van der Waals surface area contributed by atoms with Gasteiger partial charge in [-0.15, -0.1) is 0 Å². The van der Waals surface area contributed by atoms with Crippen LogP contribution in [0.5, 0.6) is 5.75 Å². The number of thiocarbonyl (C=S) groups is 1. The Kier molecular flexibility index (Phi) is 6.28. The van der Waals surface area contributed by atoms with E-state index in [0.29, 0.717) is 0 Å². The Morgan fingerprint density at radius 2 is 1.95 bits per heavy atom. The Morgan fingerprint density at radius 1 is 1.29 bits per heavy atom. The van der Waals surface area contributed by atoms with Crippen molar-refractivity contribution in [3.8, 4) is 5.75 Å². The van der Waals surface area contributed by atoms with Crippen LogP contribution in [0.15, 0.2) is 24.3 Å². The van der Waals surface area contributed by atoms with Crippen LogP contribution in [0.2, 0.25) is 0 Å². The lowest BCUT2D eigenvalue weighted by Gasteiger charge is -2.11. The molecule has 0 fully saturated rings. The van der Waals surface area contributed by atoms with Crippen molar-refractivity contribution in [2.75, 3.05) is 6.54 Å². The highest BCUT2D eigenvalue weighted by Gasteiger charge is 2.14. The zero-order valence-corrected chi connectivity index (χ0v) is 12.0. The van der Waals surface area contributed by atoms with Gasteiger partial charge < -0.3 is 15.2 Å². The summed E-state index contributed by atoms with van der Waals surface area (Å²) in [5, 5.41) is 13.5. The van der Waals surface area contributed by atoms with Crippen LogP contribution in [0.25, 0.3) is 0 Å². The molecule has 0 atom stereocenters. The molecule has 8 heteroatoms. The highest BCUT2D eigenvalue weighted by Crippen LogP contribution is 2.17. The lowest BCUT2D eigenvalue weighted by Crippen LogP contribution is -2.40. The van der Waals surface area contributed by atoms with Gasteiger partial charge in [0.2, 0.25) is 0 Å². The van der Waals surface area contributed by atoms with Gasteiger partial charge in [0.15, 0.2) is 5.11 Å². The second-order valence-corrected chi connectivity index (χ2v) is 4.35. The van der Waals surface area contributed by atoms with Crippen LogP contribution in [-0.2, 0) is 9.59 Å². The third kappa shape index (κ3) is 6.00. The maximum Gasteiger partial charge on any atom is 0.308 e. The van der Waals surface area contributed by atoms with E-state index in [0.717, 1.165) is 0 Å². The van der Waals surface area contributed by atoms with Gasteiger partial charge >= 0.3 is 11.9 Å². The molecule has 0 spiro atoms. The van der Waals surface area contributed by atoms with Crippen LogP contribution in [0.1, 0.15) is 23.7 Å². The molecule has 0 saturated carbocycles. The van der Waals surface area contributed by atoms with Crippen molar-refractivity contribution in [1.82, 2.24) is 10.6 Å². The normalized spacial score (nSPS) is 9.57. The van der Waals surface area contributed by atoms with Gasteiger partial charge in [-0.1, -0.05) is 12.1 Å². The number of hydrogen-bond acceptors (Lipinski definition) is 5. The zero-order chi connectivity index (χ0) is 15.8. The molecule has 0 aliphatic carbocycles. The molecule has 1 aromatic rings. The molecule has 0 unspecified atom stereocenters. The number of carbonyl (C=O) groups excluding carboxylic acids is 2. The summed E-state index contributed by atoms with van der Waals surface area (Å²) < 4.78 is 4.92. The highest BCUT2D eigenvalue weighted by molar-refractivity contribution is 7.80. The SMILES string of the molecule is CC(=O)Oc1ccccc1C(=O)NC(=S)NCCC(=O)O. The fourth-order valence-electron chi connectivity index (χ4n) is 1.40. The molecule has 0 bridgehead atoms. The minimum atomic E-state index is -0.975. The predicted octanol–water partition coefficient (Wildman–Crippen LogP) is 0.691. The van der Waals surface area contributed by atoms with E-state index >= 15 is 0 Å². The molecular formula is C13H14N2O5S. The van der Waals surface area contributed by atoms with E-state index in [1.165, 1.54) is 19.1 Å². The Hall–Kier alpha value is -2.48. The second-order valence-electron chi connectivity index (χ2n) is 3.94. The van der Waals surface area contributed by atoms with Crippen molar-refractivity contribution in [3.63, 3.8) is 0 Å². The number of carbonyl (C=O) groups is 3. The topological polar surface area (TPSA) is 105 Å². The smallest absolute Gasteiger partial charge is 0.308 e. The summed E-state index contributed by atoms with van der Waals surface area (Å²) in [6.07, 6.45) is -0.125. The van der Waals surface area contributed by atoms with Crippen molar-refractivity contribution in [1.29, 1.82) is 0 Å². The summed E-state index contributed by atoms with van der Waals surface area (Å²) in [4.78, 5) is 33.3. The lowest BCUT2D eigenvalue weighted by atomic mass is 10.2. The average molecular weight is 310 g/mol. The van der Waals surface area contributed by atoms with Gasteiger partial charge in [-0.25, -0.2) is 0 Å². The average Bonchev–Trinajstić information content (AvgIpc) is 2.37. The van der Waals surface area contributed by atoms with Gasteiger partial charge in [0, 0.05) is 13.5 Å². The summed E-state index contributed by atoms with van der Waals surface area (Å²) in [7, 11) is 0. The van der Waals surface area contributed by atoms with Crippen LogP contribution >= 0.6 is 12.2 Å². The number of esters is 1. The summed E-state index contributed by atoms with van der Waals surface area (Å²) >= 11 is 4.87. The van der Waals surface area contributed by atoms with E-state index in [9.17, 15) is 14.4 Å². The van der Waals surface area contributed by atoms with Crippen LogP contribution in [-0.4, -0.2) is 34.6 Å². The maximum atomic E-state index is 12.0. The number of para-hydroxylation sites is 1. The molecule has 0 saturated heterocycles. The number of hydrogen-bond donors (Lipinski definition) is 3. The molecule has 1 amide bonds. The van der Waals surface area contributed by atoms with Crippen LogP contribution in [0.4, 0.5) is 0 Å². The first kappa shape index (κ1) is 16.6. The predicted molar refractivity (Wildman–Crippen MR) is 78.1 cm³/mol. The number of rotatable bonds is 5. The zero-order valence-electron chi connectivity index (χ0n) is 11.2. The first-order valence-electron chi connectivity index (χ1n) is 5.98. The van der Waals surface area contributed by atoms with Gasteiger partial charge in [-0.05, 0) is 24.4 Å². The van der Waals surface area contributed by atoms with Gasteiger partial charge in [0.25, 0.3) is 5.91 Å².